The van der Waals surface area contributed by atoms with Crippen molar-refractivity contribution >= 4 is 0 Å². The van der Waals surface area contributed by atoms with E-state index in [9.17, 15) is 4.39 Å². The number of hydrogen-bond acceptors (Lipinski definition) is 1. The molecule has 1 heterocycles. The van der Waals surface area contributed by atoms with Gasteiger partial charge in [0.25, 0.3) is 0 Å². The molecule has 0 aliphatic rings. The molecule has 0 bridgehead atoms. The molecule has 0 aliphatic heterocycles. The predicted molar refractivity (Wildman–Crippen MR) is 57.6 cm³/mol. The molecule has 2 nitrogen and oxygen atoms in total. The van der Waals surface area contributed by atoms with E-state index >= 15 is 0 Å². The Morgan fingerprint density at radius 3 is 2.40 bits per heavy atom. The molecule has 0 saturated heterocycles. The molecule has 0 aliphatic carbocycles. The summed E-state index contributed by atoms with van der Waals surface area (Å²) in [4.78, 5) is 4.28. The van der Waals surface area contributed by atoms with Crippen LogP contribution < -0.4 is 0 Å². The summed E-state index contributed by atoms with van der Waals surface area (Å²) in [5, 5.41) is 0. The van der Waals surface area contributed by atoms with Crippen molar-refractivity contribution in [3.05, 3.63) is 48.3 Å². The summed E-state index contributed by atoms with van der Waals surface area (Å²) >= 11 is 0. The highest BCUT2D eigenvalue weighted by Crippen LogP contribution is 2.14. The molecule has 0 spiro atoms. The third kappa shape index (κ3) is 2.06. The minimum absolute atomic E-state index is 0.219. The largest absolute Gasteiger partial charge is 0.306 e. The van der Waals surface area contributed by atoms with E-state index in [2.05, 4.69) is 18.8 Å². The van der Waals surface area contributed by atoms with Crippen LogP contribution in [-0.2, 0) is 0 Å². The normalized spacial score (nSPS) is 10.9. The molecule has 0 fully saturated rings. The quantitative estimate of drug-likeness (QED) is 0.734. The monoisotopic (exact) mass is 204 g/mol. The summed E-state index contributed by atoms with van der Waals surface area (Å²) in [6.45, 7) is 4.19. The van der Waals surface area contributed by atoms with Crippen LogP contribution in [0.3, 0.4) is 0 Å². The second-order valence-corrected chi connectivity index (χ2v) is 3.84. The van der Waals surface area contributed by atoms with Gasteiger partial charge in [-0.25, -0.2) is 9.37 Å². The van der Waals surface area contributed by atoms with Crippen molar-refractivity contribution in [1.29, 1.82) is 0 Å². The van der Waals surface area contributed by atoms with E-state index in [-0.39, 0.29) is 5.82 Å². The summed E-state index contributed by atoms with van der Waals surface area (Å²) in [6.07, 6.45) is 3.72. The van der Waals surface area contributed by atoms with Crippen LogP contribution in [0.25, 0.3) is 5.69 Å². The molecule has 0 atom stereocenters. The first-order chi connectivity index (χ1) is 7.16. The zero-order valence-electron chi connectivity index (χ0n) is 8.81. The van der Waals surface area contributed by atoms with Gasteiger partial charge in [-0.15, -0.1) is 0 Å². The Morgan fingerprint density at radius 1 is 1.20 bits per heavy atom. The first kappa shape index (κ1) is 9.90. The van der Waals surface area contributed by atoms with Gasteiger partial charge in [-0.2, -0.15) is 0 Å². The first-order valence-electron chi connectivity index (χ1n) is 4.96. The van der Waals surface area contributed by atoms with Crippen LogP contribution in [-0.4, -0.2) is 9.55 Å². The summed E-state index contributed by atoms with van der Waals surface area (Å²) < 4.78 is 14.6. The third-order valence-electron chi connectivity index (χ3n) is 2.32. The predicted octanol–water partition coefficient (Wildman–Crippen LogP) is 3.13. The third-order valence-corrected chi connectivity index (χ3v) is 2.32. The summed E-state index contributed by atoms with van der Waals surface area (Å²) in [6, 6.07) is 6.37. The molecule has 1 aromatic carbocycles. The van der Waals surface area contributed by atoms with Gasteiger partial charge in [0, 0.05) is 11.9 Å². The fourth-order valence-electron chi connectivity index (χ4n) is 1.39. The SMILES string of the molecule is CC(C)c1cn(-c2ccc(F)cc2)cn1. The molecule has 0 unspecified atom stereocenters. The maximum absolute atomic E-state index is 12.7. The molecule has 0 radical (unpaired) electrons. The fourth-order valence-corrected chi connectivity index (χ4v) is 1.39. The number of imidazole rings is 1. The molecule has 3 heteroatoms. The van der Waals surface area contributed by atoms with Crippen LogP contribution in [0.1, 0.15) is 25.5 Å². The van der Waals surface area contributed by atoms with Gasteiger partial charge in [-0.05, 0) is 30.2 Å². The molecule has 78 valence electrons. The highest BCUT2D eigenvalue weighted by Gasteiger charge is 2.04. The van der Waals surface area contributed by atoms with Crippen LogP contribution in [0.4, 0.5) is 4.39 Å². The first-order valence-corrected chi connectivity index (χ1v) is 4.96. The van der Waals surface area contributed by atoms with E-state index in [0.717, 1.165) is 11.4 Å². The second-order valence-electron chi connectivity index (χ2n) is 3.84. The molecule has 0 amide bonds. The van der Waals surface area contributed by atoms with E-state index in [0.29, 0.717) is 5.92 Å². The average molecular weight is 204 g/mol. The van der Waals surface area contributed by atoms with Gasteiger partial charge >= 0.3 is 0 Å². The van der Waals surface area contributed by atoms with E-state index in [1.54, 1.807) is 18.5 Å². The van der Waals surface area contributed by atoms with E-state index in [1.807, 2.05) is 10.8 Å². The van der Waals surface area contributed by atoms with Gasteiger partial charge in [0.15, 0.2) is 0 Å². The van der Waals surface area contributed by atoms with Crippen molar-refractivity contribution in [2.24, 2.45) is 0 Å². The van der Waals surface area contributed by atoms with Crippen LogP contribution in [0, 0.1) is 5.82 Å². The van der Waals surface area contributed by atoms with Crippen molar-refractivity contribution in [3.63, 3.8) is 0 Å². The molecule has 0 saturated carbocycles. The van der Waals surface area contributed by atoms with Crippen molar-refractivity contribution in [2.45, 2.75) is 19.8 Å². The Morgan fingerprint density at radius 2 is 1.87 bits per heavy atom. The highest BCUT2D eigenvalue weighted by molar-refractivity contribution is 5.32. The lowest BCUT2D eigenvalue weighted by atomic mass is 10.2. The van der Waals surface area contributed by atoms with Gasteiger partial charge in [-0.3, -0.25) is 0 Å². The van der Waals surface area contributed by atoms with Gasteiger partial charge in [0.2, 0.25) is 0 Å². The van der Waals surface area contributed by atoms with Gasteiger partial charge < -0.3 is 4.57 Å². The van der Waals surface area contributed by atoms with E-state index < -0.39 is 0 Å². The number of benzene rings is 1. The van der Waals surface area contributed by atoms with Gasteiger partial charge in [0.1, 0.15) is 5.82 Å². The van der Waals surface area contributed by atoms with E-state index in [1.165, 1.54) is 12.1 Å². The standard InChI is InChI=1S/C12H13FN2/c1-9(2)12-7-15(8-14-12)11-5-3-10(13)4-6-11/h3-9H,1-2H3. The summed E-state index contributed by atoms with van der Waals surface area (Å²) in [5.41, 5.74) is 1.97. The van der Waals surface area contributed by atoms with Crippen LogP contribution in [0.5, 0.6) is 0 Å². The van der Waals surface area contributed by atoms with Crippen LogP contribution >= 0.6 is 0 Å². The smallest absolute Gasteiger partial charge is 0.123 e. The van der Waals surface area contributed by atoms with Crippen molar-refractivity contribution < 1.29 is 4.39 Å². The maximum Gasteiger partial charge on any atom is 0.123 e. The Kier molecular flexibility index (Phi) is 2.54. The topological polar surface area (TPSA) is 17.8 Å². The Labute approximate surface area is 88.4 Å². The molecule has 2 rings (SSSR count). The Balaban J connectivity index is 2.33. The molecular weight excluding hydrogens is 191 g/mol. The Hall–Kier alpha value is -1.64. The van der Waals surface area contributed by atoms with Gasteiger partial charge in [0.05, 0.1) is 12.0 Å². The van der Waals surface area contributed by atoms with Crippen LogP contribution in [0.15, 0.2) is 36.8 Å². The number of hydrogen-bond donors (Lipinski definition) is 0. The highest BCUT2D eigenvalue weighted by atomic mass is 19.1. The fraction of sp³-hybridized carbons (Fsp3) is 0.250. The molecule has 2 aromatic rings. The second kappa shape index (κ2) is 3.85. The minimum atomic E-state index is -0.219. The number of aromatic nitrogens is 2. The average Bonchev–Trinajstić information content (AvgIpc) is 2.68. The zero-order valence-corrected chi connectivity index (χ0v) is 8.81. The molecule has 15 heavy (non-hydrogen) atoms. The van der Waals surface area contributed by atoms with Crippen molar-refractivity contribution in [3.8, 4) is 5.69 Å². The number of rotatable bonds is 2. The lowest BCUT2D eigenvalue weighted by Gasteiger charge is -2.01. The molecule has 1 aromatic heterocycles. The van der Waals surface area contributed by atoms with Crippen molar-refractivity contribution in [2.75, 3.05) is 0 Å². The number of halogens is 1. The molecule has 0 N–H and O–H groups in total. The zero-order chi connectivity index (χ0) is 10.8. The lowest BCUT2D eigenvalue weighted by Crippen LogP contribution is -1.90. The maximum atomic E-state index is 12.7. The number of nitrogens with zero attached hydrogens (tertiary/aromatic N) is 2. The minimum Gasteiger partial charge on any atom is -0.306 e. The molecular formula is C12H13FN2. The summed E-state index contributed by atoms with van der Waals surface area (Å²) in [7, 11) is 0. The van der Waals surface area contributed by atoms with E-state index in [4.69, 9.17) is 0 Å². The van der Waals surface area contributed by atoms with Gasteiger partial charge in [-0.1, -0.05) is 13.8 Å². The lowest BCUT2D eigenvalue weighted by molar-refractivity contribution is 0.627. The summed E-state index contributed by atoms with van der Waals surface area (Å²) in [5.74, 6) is 0.189. The van der Waals surface area contributed by atoms with Crippen molar-refractivity contribution in [1.82, 2.24) is 9.55 Å². The Bertz CT molecular complexity index is 443. The van der Waals surface area contributed by atoms with Crippen LogP contribution in [0.2, 0.25) is 0 Å².